The molecule has 100 valence electrons. The molecule has 0 fully saturated rings. The van der Waals surface area contributed by atoms with Gasteiger partial charge in [-0.1, -0.05) is 37.6 Å². The molecule has 1 aromatic rings. The summed E-state index contributed by atoms with van der Waals surface area (Å²) in [5.41, 5.74) is 1.17. The fourth-order valence-corrected chi connectivity index (χ4v) is 2.02. The number of nitrogens with zero attached hydrogens (tertiary/aromatic N) is 1. The average Bonchev–Trinajstić information content (AvgIpc) is 2.34. The van der Waals surface area contributed by atoms with Gasteiger partial charge in [0.05, 0.1) is 6.04 Å². The topological polar surface area (TPSA) is 15.3 Å². The molecule has 0 aliphatic heterocycles. The second-order valence-corrected chi connectivity index (χ2v) is 5.74. The number of hydrogen-bond acceptors (Lipinski definition) is 1. The Balaban J connectivity index is 2.65. The van der Waals surface area contributed by atoms with Crippen molar-refractivity contribution in [2.45, 2.75) is 26.8 Å². The Hall–Kier alpha value is -0.800. The van der Waals surface area contributed by atoms with Crippen molar-refractivity contribution in [3.63, 3.8) is 0 Å². The van der Waals surface area contributed by atoms with Gasteiger partial charge in [0, 0.05) is 18.6 Å². The summed E-state index contributed by atoms with van der Waals surface area (Å²) in [6.45, 7) is 7.34. The first-order valence-electron chi connectivity index (χ1n) is 6.18. The quantitative estimate of drug-likeness (QED) is 0.845. The zero-order valence-electron chi connectivity index (χ0n) is 11.4. The molecule has 0 saturated heterocycles. The summed E-state index contributed by atoms with van der Waals surface area (Å²) in [4.78, 5) is 2.06. The molecule has 0 spiro atoms. The molecule has 1 aromatic carbocycles. The number of hydrogen-bond donors (Lipinski definition) is 1. The number of benzene rings is 1. The first-order valence-corrected chi connectivity index (χ1v) is 6.96. The van der Waals surface area contributed by atoms with Gasteiger partial charge < -0.3 is 10.2 Å². The zero-order chi connectivity index (χ0) is 13.7. The fraction of sp³-hybridized carbons (Fsp3) is 0.500. The van der Waals surface area contributed by atoms with Gasteiger partial charge in [-0.3, -0.25) is 0 Å². The van der Waals surface area contributed by atoms with E-state index in [1.165, 1.54) is 5.56 Å². The van der Waals surface area contributed by atoms with E-state index < -0.39 is 0 Å². The van der Waals surface area contributed by atoms with Crippen LogP contribution in [0.1, 0.15) is 32.4 Å². The van der Waals surface area contributed by atoms with Gasteiger partial charge in [-0.25, -0.2) is 0 Å². The first-order chi connectivity index (χ1) is 8.41. The largest absolute Gasteiger partial charge is 0.362 e. The van der Waals surface area contributed by atoms with Crippen molar-refractivity contribution in [3.8, 4) is 0 Å². The van der Waals surface area contributed by atoms with Crippen molar-refractivity contribution < 1.29 is 0 Å². The first kappa shape index (κ1) is 15.3. The molecular formula is C14H21ClN2S. The minimum atomic E-state index is 0.205. The van der Waals surface area contributed by atoms with E-state index >= 15 is 0 Å². The summed E-state index contributed by atoms with van der Waals surface area (Å²) in [5, 5.41) is 4.80. The molecular weight excluding hydrogens is 264 g/mol. The molecule has 18 heavy (non-hydrogen) atoms. The average molecular weight is 285 g/mol. The monoisotopic (exact) mass is 284 g/mol. The summed E-state index contributed by atoms with van der Waals surface area (Å²) in [6.07, 6.45) is 0. The Bertz CT molecular complexity index is 407. The molecule has 2 nitrogen and oxygen atoms in total. The van der Waals surface area contributed by atoms with Crippen LogP contribution in [0, 0.1) is 5.92 Å². The van der Waals surface area contributed by atoms with Crippen LogP contribution in [0.5, 0.6) is 0 Å². The number of halogens is 1. The molecule has 1 rings (SSSR count). The van der Waals surface area contributed by atoms with Crippen LogP contribution in [-0.4, -0.2) is 23.6 Å². The summed E-state index contributed by atoms with van der Waals surface area (Å²) in [6, 6.07) is 8.10. The highest BCUT2D eigenvalue weighted by molar-refractivity contribution is 7.80. The van der Waals surface area contributed by atoms with Gasteiger partial charge in [0.25, 0.3) is 0 Å². The van der Waals surface area contributed by atoms with Gasteiger partial charge in [0.15, 0.2) is 5.11 Å². The van der Waals surface area contributed by atoms with Crippen LogP contribution >= 0.6 is 23.8 Å². The maximum absolute atomic E-state index is 6.01. The molecule has 0 radical (unpaired) electrons. The molecule has 1 atom stereocenters. The Labute approximate surface area is 120 Å². The second-order valence-electron chi connectivity index (χ2n) is 4.92. The van der Waals surface area contributed by atoms with E-state index in [9.17, 15) is 0 Å². The van der Waals surface area contributed by atoms with E-state index in [1.807, 2.05) is 25.2 Å². The van der Waals surface area contributed by atoms with E-state index in [2.05, 4.69) is 37.1 Å². The lowest BCUT2D eigenvalue weighted by molar-refractivity contribution is 0.392. The Morgan fingerprint density at radius 2 is 2.06 bits per heavy atom. The van der Waals surface area contributed by atoms with Crippen LogP contribution in [0.3, 0.4) is 0 Å². The number of thiocarbonyl (C=S) groups is 1. The Morgan fingerprint density at radius 3 is 2.61 bits per heavy atom. The van der Waals surface area contributed by atoms with Crippen molar-refractivity contribution in [2.75, 3.05) is 13.6 Å². The molecule has 0 amide bonds. The molecule has 0 aliphatic rings. The SMILES string of the molecule is CC(C)CNC(=S)N(C)C(C)c1cccc(Cl)c1. The highest BCUT2D eigenvalue weighted by atomic mass is 35.5. The molecule has 1 N–H and O–H groups in total. The van der Waals surface area contributed by atoms with Crippen LogP contribution in [-0.2, 0) is 0 Å². The summed E-state index contributed by atoms with van der Waals surface area (Å²) in [5.74, 6) is 0.581. The minimum absolute atomic E-state index is 0.205. The Morgan fingerprint density at radius 1 is 1.39 bits per heavy atom. The Kier molecular flexibility index (Phi) is 5.89. The van der Waals surface area contributed by atoms with Crippen LogP contribution in [0.4, 0.5) is 0 Å². The van der Waals surface area contributed by atoms with Crippen LogP contribution in [0.15, 0.2) is 24.3 Å². The number of rotatable bonds is 4. The zero-order valence-corrected chi connectivity index (χ0v) is 13.0. The third-order valence-electron chi connectivity index (χ3n) is 2.89. The maximum atomic E-state index is 6.01. The van der Waals surface area contributed by atoms with E-state index in [0.717, 1.165) is 16.7 Å². The molecule has 0 aromatic heterocycles. The maximum Gasteiger partial charge on any atom is 0.169 e. The fourth-order valence-electron chi connectivity index (χ4n) is 1.58. The normalized spacial score (nSPS) is 12.3. The lowest BCUT2D eigenvalue weighted by Crippen LogP contribution is -2.40. The summed E-state index contributed by atoms with van der Waals surface area (Å²) in [7, 11) is 2.00. The van der Waals surface area contributed by atoms with Gasteiger partial charge in [0.1, 0.15) is 0 Å². The predicted molar refractivity (Wildman–Crippen MR) is 83.1 cm³/mol. The lowest BCUT2D eigenvalue weighted by atomic mass is 10.1. The third kappa shape index (κ3) is 4.46. The molecule has 0 aliphatic carbocycles. The van der Waals surface area contributed by atoms with Gasteiger partial charge >= 0.3 is 0 Å². The molecule has 0 heterocycles. The molecule has 0 saturated carbocycles. The van der Waals surface area contributed by atoms with Crippen molar-refractivity contribution in [1.29, 1.82) is 0 Å². The van der Waals surface area contributed by atoms with E-state index in [0.29, 0.717) is 5.92 Å². The van der Waals surface area contributed by atoms with Crippen LogP contribution in [0.2, 0.25) is 5.02 Å². The summed E-state index contributed by atoms with van der Waals surface area (Å²) >= 11 is 11.4. The molecule has 4 heteroatoms. The highest BCUT2D eigenvalue weighted by Crippen LogP contribution is 2.21. The molecule has 0 bridgehead atoms. The highest BCUT2D eigenvalue weighted by Gasteiger charge is 2.14. The number of nitrogens with one attached hydrogen (secondary N) is 1. The lowest BCUT2D eigenvalue weighted by Gasteiger charge is -2.28. The van der Waals surface area contributed by atoms with Crippen LogP contribution < -0.4 is 5.32 Å². The van der Waals surface area contributed by atoms with Gasteiger partial charge in [0.2, 0.25) is 0 Å². The van der Waals surface area contributed by atoms with Crippen molar-refractivity contribution in [2.24, 2.45) is 5.92 Å². The second kappa shape index (κ2) is 6.95. The standard InChI is InChI=1S/C14H21ClN2S/c1-10(2)9-16-14(18)17(4)11(3)12-6-5-7-13(15)8-12/h5-8,10-11H,9H2,1-4H3,(H,16,18). The minimum Gasteiger partial charge on any atom is -0.362 e. The van der Waals surface area contributed by atoms with E-state index in [4.69, 9.17) is 23.8 Å². The smallest absolute Gasteiger partial charge is 0.169 e. The van der Waals surface area contributed by atoms with Crippen molar-refractivity contribution in [3.05, 3.63) is 34.9 Å². The van der Waals surface area contributed by atoms with E-state index in [-0.39, 0.29) is 6.04 Å². The third-order valence-corrected chi connectivity index (χ3v) is 3.56. The van der Waals surface area contributed by atoms with E-state index in [1.54, 1.807) is 0 Å². The predicted octanol–water partition coefficient (Wildman–Crippen LogP) is 3.86. The van der Waals surface area contributed by atoms with Crippen LogP contribution in [0.25, 0.3) is 0 Å². The van der Waals surface area contributed by atoms with Crippen molar-refractivity contribution in [1.82, 2.24) is 10.2 Å². The van der Waals surface area contributed by atoms with Gasteiger partial charge in [-0.05, 0) is 42.8 Å². The van der Waals surface area contributed by atoms with Gasteiger partial charge in [-0.15, -0.1) is 0 Å². The van der Waals surface area contributed by atoms with Crippen molar-refractivity contribution >= 4 is 28.9 Å². The summed E-state index contributed by atoms with van der Waals surface area (Å²) < 4.78 is 0. The molecule has 1 unspecified atom stereocenters. The van der Waals surface area contributed by atoms with Gasteiger partial charge in [-0.2, -0.15) is 0 Å².